The first kappa shape index (κ1) is 26.6. The van der Waals surface area contributed by atoms with Crippen LogP contribution in [0.25, 0.3) is 34.4 Å². The van der Waals surface area contributed by atoms with Gasteiger partial charge >= 0.3 is 231 Å². The van der Waals surface area contributed by atoms with Crippen molar-refractivity contribution in [2.75, 3.05) is 0 Å². The fraction of sp³-hybridized carbons (Fsp3) is 0.176. The van der Waals surface area contributed by atoms with Crippen molar-refractivity contribution in [3.63, 3.8) is 0 Å². The minimum atomic E-state index is -0.955. The van der Waals surface area contributed by atoms with Crippen LogP contribution in [0.3, 0.4) is 0 Å². The summed E-state index contributed by atoms with van der Waals surface area (Å²) in [6.07, 6.45) is 16.8. The maximum Gasteiger partial charge on any atom is -1.00 e. The summed E-state index contributed by atoms with van der Waals surface area (Å²) >= 11 is -0.955. The molecule has 2 heterocycles. The standard InChI is InChI=1S/C21H18N.C13H10N.2ClH.Zr/c1-2-8-16-14-17(13-15(16)7-1)22-20-11-5-3-9-18(20)19-10-4-6-12-21(19)22;1-2-10-14(9-1)13-8-4-6-11-5-3-7-12(11)13;;;/h1-3,5,7-9,11,13-14H,4,6,10,12H2;1-10H;2*1H;/q;;;;+2/p-2. The SMILES string of the molecule is C1=C[CH]([Zr+2][CH]2C(n3c4c(c5ccccc53)CCCC4)=Cc3ccccc32)c2cccc(-n3cccc3)c21.[Cl-].[Cl-]. The van der Waals surface area contributed by atoms with Gasteiger partial charge in [-0.05, 0) is 0 Å². The molecule has 5 aromatic rings. The van der Waals surface area contributed by atoms with Crippen LogP contribution >= 0.6 is 0 Å². The summed E-state index contributed by atoms with van der Waals surface area (Å²) < 4.78 is 6.07. The minimum Gasteiger partial charge on any atom is -1.00 e. The van der Waals surface area contributed by atoms with Gasteiger partial charge in [0, 0.05) is 0 Å². The Hall–Kier alpha value is -2.58. The van der Waals surface area contributed by atoms with Crippen molar-refractivity contribution in [1.29, 1.82) is 0 Å². The molecule has 8 rings (SSSR count). The molecule has 0 radical (unpaired) electrons. The average Bonchev–Trinajstić information content (AvgIpc) is 3.74. The second-order valence-electron chi connectivity index (χ2n) is 10.5. The van der Waals surface area contributed by atoms with E-state index in [-0.39, 0.29) is 24.8 Å². The number of aromatic nitrogens is 2. The minimum absolute atomic E-state index is 0. The number of hydrogen-bond donors (Lipinski definition) is 0. The third-order valence-corrected chi connectivity index (χ3v) is 12.9. The third kappa shape index (κ3) is 4.26. The molecule has 39 heavy (non-hydrogen) atoms. The molecule has 192 valence electrons. The van der Waals surface area contributed by atoms with Gasteiger partial charge in [0.25, 0.3) is 0 Å². The molecule has 2 unspecified atom stereocenters. The van der Waals surface area contributed by atoms with Gasteiger partial charge in [0.2, 0.25) is 0 Å². The molecule has 0 saturated heterocycles. The number of halogens is 2. The van der Waals surface area contributed by atoms with Crippen molar-refractivity contribution < 1.29 is 48.0 Å². The van der Waals surface area contributed by atoms with Crippen molar-refractivity contribution in [1.82, 2.24) is 9.13 Å². The molecule has 0 spiro atoms. The van der Waals surface area contributed by atoms with Crippen molar-refractivity contribution in [2.45, 2.75) is 32.9 Å². The predicted octanol–water partition coefficient (Wildman–Crippen LogP) is 2.22. The molecular formula is C34H28Cl2N2Zr. The molecule has 0 N–H and O–H groups in total. The smallest absolute Gasteiger partial charge is 1.00 e. The fourth-order valence-electron chi connectivity index (χ4n) is 6.83. The zero-order chi connectivity index (χ0) is 24.3. The van der Waals surface area contributed by atoms with Gasteiger partial charge in [0.1, 0.15) is 0 Å². The summed E-state index contributed by atoms with van der Waals surface area (Å²) in [5, 5.41) is 1.47. The van der Waals surface area contributed by atoms with E-state index in [1.807, 2.05) is 0 Å². The van der Waals surface area contributed by atoms with Gasteiger partial charge in [-0.25, -0.2) is 0 Å². The Morgan fingerprint density at radius 1 is 0.744 bits per heavy atom. The molecule has 0 saturated carbocycles. The monoisotopic (exact) mass is 624 g/mol. The number of nitrogens with zero attached hydrogens (tertiary/aromatic N) is 2. The zero-order valence-electron chi connectivity index (χ0n) is 21.5. The number of hydrogen-bond acceptors (Lipinski definition) is 0. The Morgan fingerprint density at radius 2 is 1.51 bits per heavy atom. The van der Waals surface area contributed by atoms with Crippen LogP contribution in [0.15, 0.2) is 97.3 Å². The van der Waals surface area contributed by atoms with Gasteiger partial charge in [-0.15, -0.1) is 0 Å². The largest absolute Gasteiger partial charge is 1.00 e. The summed E-state index contributed by atoms with van der Waals surface area (Å²) in [7, 11) is 0. The van der Waals surface area contributed by atoms with Gasteiger partial charge in [0.15, 0.2) is 0 Å². The fourth-order valence-corrected chi connectivity index (χ4v) is 11.3. The zero-order valence-corrected chi connectivity index (χ0v) is 25.5. The average molecular weight is 627 g/mol. The van der Waals surface area contributed by atoms with Crippen LogP contribution in [-0.2, 0) is 36.1 Å². The van der Waals surface area contributed by atoms with Crippen LogP contribution in [0.2, 0.25) is 0 Å². The molecule has 2 atom stereocenters. The number of para-hydroxylation sites is 1. The first-order chi connectivity index (χ1) is 18.4. The maximum absolute atomic E-state index is 2.70. The number of fused-ring (bicyclic) bond motifs is 5. The Bertz CT molecular complexity index is 1730. The quantitative estimate of drug-likeness (QED) is 0.290. The summed E-state index contributed by atoms with van der Waals surface area (Å²) in [6.45, 7) is 0. The molecule has 0 amide bonds. The summed E-state index contributed by atoms with van der Waals surface area (Å²) in [5.41, 5.74) is 13.3. The molecule has 0 fully saturated rings. The van der Waals surface area contributed by atoms with E-state index in [0.29, 0.717) is 7.25 Å². The van der Waals surface area contributed by atoms with E-state index in [1.54, 1.807) is 16.8 Å². The van der Waals surface area contributed by atoms with Crippen molar-refractivity contribution in [2.24, 2.45) is 0 Å². The predicted molar refractivity (Wildman–Crippen MR) is 149 cm³/mol. The molecular weight excluding hydrogens is 599 g/mol. The molecule has 2 aromatic heterocycles. The van der Waals surface area contributed by atoms with E-state index < -0.39 is 23.2 Å². The van der Waals surface area contributed by atoms with Crippen LogP contribution in [0.5, 0.6) is 0 Å². The number of benzene rings is 3. The van der Waals surface area contributed by atoms with Crippen LogP contribution in [0, 0.1) is 0 Å². The number of rotatable bonds is 4. The Labute approximate surface area is 253 Å². The van der Waals surface area contributed by atoms with E-state index in [9.17, 15) is 0 Å². The van der Waals surface area contributed by atoms with Crippen molar-refractivity contribution in [3.8, 4) is 5.69 Å². The molecule has 3 aliphatic carbocycles. The molecule has 3 aromatic carbocycles. The van der Waals surface area contributed by atoms with Crippen molar-refractivity contribution >= 4 is 28.8 Å². The van der Waals surface area contributed by atoms with Gasteiger partial charge in [-0.1, -0.05) is 0 Å². The van der Waals surface area contributed by atoms with Crippen LogP contribution in [0.4, 0.5) is 0 Å². The molecule has 3 aliphatic rings. The summed E-state index contributed by atoms with van der Waals surface area (Å²) in [4.78, 5) is 0. The second-order valence-corrected chi connectivity index (χ2v) is 14.3. The molecule has 0 bridgehead atoms. The topological polar surface area (TPSA) is 9.86 Å². The maximum atomic E-state index is 2.70. The van der Waals surface area contributed by atoms with Crippen LogP contribution in [0.1, 0.15) is 53.6 Å². The number of allylic oxidation sites excluding steroid dienone is 2. The summed E-state index contributed by atoms with van der Waals surface area (Å²) in [6, 6.07) is 29.4. The van der Waals surface area contributed by atoms with Gasteiger partial charge in [-0.3, -0.25) is 0 Å². The molecule has 5 heteroatoms. The Morgan fingerprint density at radius 3 is 2.41 bits per heavy atom. The van der Waals surface area contributed by atoms with Gasteiger partial charge in [0.05, 0.1) is 0 Å². The molecule has 2 nitrogen and oxygen atoms in total. The van der Waals surface area contributed by atoms with E-state index in [0.717, 1.165) is 0 Å². The van der Waals surface area contributed by atoms with Crippen molar-refractivity contribution in [3.05, 3.63) is 131 Å². The van der Waals surface area contributed by atoms with Gasteiger partial charge in [-0.2, -0.15) is 0 Å². The normalized spacial score (nSPS) is 18.4. The first-order valence-corrected chi connectivity index (χ1v) is 16.3. The van der Waals surface area contributed by atoms with E-state index in [4.69, 9.17) is 0 Å². The van der Waals surface area contributed by atoms with Gasteiger partial charge < -0.3 is 24.8 Å². The van der Waals surface area contributed by atoms with E-state index in [1.165, 1.54) is 64.7 Å². The number of aryl methyl sites for hydroxylation is 1. The first-order valence-electron chi connectivity index (χ1n) is 13.5. The Balaban J connectivity index is 0.00000138. The van der Waals surface area contributed by atoms with Crippen LogP contribution in [-0.4, -0.2) is 9.13 Å². The van der Waals surface area contributed by atoms with E-state index >= 15 is 0 Å². The second kappa shape index (κ2) is 10.8. The third-order valence-electron chi connectivity index (χ3n) is 8.48. The van der Waals surface area contributed by atoms with E-state index in [2.05, 4.69) is 119 Å². The summed E-state index contributed by atoms with van der Waals surface area (Å²) in [5.74, 6) is 0. The van der Waals surface area contributed by atoms with Crippen LogP contribution < -0.4 is 24.8 Å². The molecule has 0 aliphatic heterocycles. The Kier molecular flexibility index (Phi) is 7.36.